The molecular weight excluding hydrogens is 362 g/mol. The van der Waals surface area contributed by atoms with Gasteiger partial charge in [0.15, 0.2) is 11.5 Å². The third-order valence-electron chi connectivity index (χ3n) is 6.01. The molecule has 5 rings (SSSR count). The second-order valence-electron chi connectivity index (χ2n) is 7.96. The number of nitrogens with two attached hydrogens (primary N) is 1. The summed E-state index contributed by atoms with van der Waals surface area (Å²) in [6.45, 7) is 3.49. The standard InChI is InChI=1S/C24H25N3O2/c25-24-20-14-27-11-5-8-17(13-27)19(20)12-21(26-24)18-9-4-10-22(28)23(18)29-15-16-6-2-1-3-7-16/h1-4,6-7,9-10,12,17,28H,5,8,11,13-15H2,(H2,25,26). The van der Waals surface area contributed by atoms with Gasteiger partial charge in [0.25, 0.3) is 0 Å². The Kier molecular flexibility index (Phi) is 4.60. The van der Waals surface area contributed by atoms with E-state index < -0.39 is 0 Å². The molecule has 2 bridgehead atoms. The van der Waals surface area contributed by atoms with Crippen LogP contribution in [0.3, 0.4) is 0 Å². The van der Waals surface area contributed by atoms with E-state index in [9.17, 15) is 5.11 Å². The number of aromatic nitrogens is 1. The average Bonchev–Trinajstić information content (AvgIpc) is 2.74. The Labute approximate surface area is 170 Å². The lowest BCUT2D eigenvalue weighted by atomic mass is 9.83. The van der Waals surface area contributed by atoms with Crippen LogP contribution in [0.1, 0.15) is 35.4 Å². The molecule has 0 spiro atoms. The van der Waals surface area contributed by atoms with E-state index in [1.807, 2.05) is 42.5 Å². The molecule has 1 aromatic heterocycles. The summed E-state index contributed by atoms with van der Waals surface area (Å²) in [6.07, 6.45) is 2.41. The van der Waals surface area contributed by atoms with E-state index in [1.165, 1.54) is 18.4 Å². The highest BCUT2D eigenvalue weighted by molar-refractivity contribution is 5.73. The number of ether oxygens (including phenoxy) is 1. The number of para-hydroxylation sites is 1. The van der Waals surface area contributed by atoms with Gasteiger partial charge in [0.05, 0.1) is 5.69 Å². The summed E-state index contributed by atoms with van der Waals surface area (Å²) in [5.74, 6) is 1.65. The fourth-order valence-corrected chi connectivity index (χ4v) is 4.57. The van der Waals surface area contributed by atoms with Crippen LogP contribution in [0.25, 0.3) is 11.3 Å². The topological polar surface area (TPSA) is 71.6 Å². The number of nitrogens with zero attached hydrogens (tertiary/aromatic N) is 2. The monoisotopic (exact) mass is 387 g/mol. The number of fused-ring (bicyclic) bond motifs is 4. The van der Waals surface area contributed by atoms with Crippen LogP contribution in [0.2, 0.25) is 0 Å². The molecule has 148 valence electrons. The van der Waals surface area contributed by atoms with E-state index in [0.717, 1.165) is 42.0 Å². The van der Waals surface area contributed by atoms with Gasteiger partial charge in [0.2, 0.25) is 0 Å². The summed E-state index contributed by atoms with van der Waals surface area (Å²) in [5.41, 5.74) is 11.4. The maximum atomic E-state index is 10.5. The number of phenols is 1. The van der Waals surface area contributed by atoms with Gasteiger partial charge in [-0.25, -0.2) is 4.98 Å². The first-order valence-corrected chi connectivity index (χ1v) is 10.2. The number of nitrogen functional groups attached to an aromatic ring is 1. The van der Waals surface area contributed by atoms with Gasteiger partial charge in [-0.05, 0) is 54.6 Å². The van der Waals surface area contributed by atoms with Gasteiger partial charge in [-0.3, -0.25) is 4.90 Å². The second-order valence-corrected chi connectivity index (χ2v) is 7.96. The fourth-order valence-electron chi connectivity index (χ4n) is 4.57. The van der Waals surface area contributed by atoms with Gasteiger partial charge in [-0.15, -0.1) is 0 Å². The minimum atomic E-state index is 0.111. The summed E-state index contributed by atoms with van der Waals surface area (Å²) >= 11 is 0. The smallest absolute Gasteiger partial charge is 0.170 e. The summed E-state index contributed by atoms with van der Waals surface area (Å²) < 4.78 is 6.03. The van der Waals surface area contributed by atoms with Crippen molar-refractivity contribution in [3.8, 4) is 22.8 Å². The highest BCUT2D eigenvalue weighted by Gasteiger charge is 2.31. The third-order valence-corrected chi connectivity index (χ3v) is 6.01. The molecule has 5 heteroatoms. The Morgan fingerprint density at radius 2 is 2.00 bits per heavy atom. The van der Waals surface area contributed by atoms with Crippen molar-refractivity contribution >= 4 is 5.82 Å². The Hall–Kier alpha value is -3.05. The number of hydrogen-bond donors (Lipinski definition) is 2. The lowest BCUT2D eigenvalue weighted by Gasteiger charge is -2.39. The van der Waals surface area contributed by atoms with Gasteiger partial charge in [0, 0.05) is 24.2 Å². The van der Waals surface area contributed by atoms with Gasteiger partial charge in [0.1, 0.15) is 12.4 Å². The molecule has 3 aromatic rings. The van der Waals surface area contributed by atoms with Crippen molar-refractivity contribution in [3.05, 3.63) is 71.3 Å². The van der Waals surface area contributed by atoms with E-state index in [-0.39, 0.29) is 5.75 Å². The van der Waals surface area contributed by atoms with Gasteiger partial charge in [-0.1, -0.05) is 36.4 Å². The van der Waals surface area contributed by atoms with E-state index in [2.05, 4.69) is 11.0 Å². The molecule has 29 heavy (non-hydrogen) atoms. The molecule has 0 amide bonds. The Bertz CT molecular complexity index is 1040. The first kappa shape index (κ1) is 18.0. The number of anilines is 1. The maximum absolute atomic E-state index is 10.5. The van der Waals surface area contributed by atoms with E-state index >= 15 is 0 Å². The van der Waals surface area contributed by atoms with Crippen LogP contribution in [0.15, 0.2) is 54.6 Å². The fraction of sp³-hybridized carbons (Fsp3) is 0.292. The minimum absolute atomic E-state index is 0.111. The molecule has 3 heterocycles. The molecule has 5 nitrogen and oxygen atoms in total. The number of aromatic hydroxyl groups is 1. The van der Waals surface area contributed by atoms with Crippen LogP contribution < -0.4 is 10.5 Å². The molecule has 0 aliphatic carbocycles. The molecule has 0 saturated carbocycles. The summed E-state index contributed by atoms with van der Waals surface area (Å²) in [4.78, 5) is 7.17. The molecule has 0 radical (unpaired) electrons. The van der Waals surface area contributed by atoms with Crippen molar-refractivity contribution < 1.29 is 9.84 Å². The normalized spacial score (nSPS) is 20.1. The van der Waals surface area contributed by atoms with Crippen LogP contribution in [-0.4, -0.2) is 28.1 Å². The molecule has 2 aliphatic heterocycles. The van der Waals surface area contributed by atoms with Gasteiger partial charge >= 0.3 is 0 Å². The zero-order chi connectivity index (χ0) is 19.8. The van der Waals surface area contributed by atoms with Crippen molar-refractivity contribution in [2.24, 2.45) is 0 Å². The van der Waals surface area contributed by atoms with Crippen molar-refractivity contribution in [2.75, 3.05) is 18.8 Å². The molecule has 2 aromatic carbocycles. The lowest BCUT2D eigenvalue weighted by molar-refractivity contribution is 0.182. The number of rotatable bonds is 4. The van der Waals surface area contributed by atoms with Crippen molar-refractivity contribution in [3.63, 3.8) is 0 Å². The average molecular weight is 387 g/mol. The maximum Gasteiger partial charge on any atom is 0.170 e. The molecule has 2 atom stereocenters. The van der Waals surface area contributed by atoms with Gasteiger partial charge in [-0.2, -0.15) is 0 Å². The first-order chi connectivity index (χ1) is 14.2. The molecule has 2 unspecified atom stereocenters. The van der Waals surface area contributed by atoms with Crippen LogP contribution in [0.4, 0.5) is 5.82 Å². The first-order valence-electron chi connectivity index (χ1n) is 10.2. The van der Waals surface area contributed by atoms with E-state index in [0.29, 0.717) is 24.1 Å². The number of pyridine rings is 1. The highest BCUT2D eigenvalue weighted by Crippen LogP contribution is 2.42. The Morgan fingerprint density at radius 1 is 1.14 bits per heavy atom. The quantitative estimate of drug-likeness (QED) is 0.698. The van der Waals surface area contributed by atoms with E-state index in [4.69, 9.17) is 15.5 Å². The SMILES string of the molecule is Nc1nc(-c2cccc(O)c2OCc2ccccc2)cc2c1CN1CCCC2C1. The predicted molar refractivity (Wildman–Crippen MR) is 114 cm³/mol. The van der Waals surface area contributed by atoms with Crippen LogP contribution >= 0.6 is 0 Å². The molecule has 2 aliphatic rings. The van der Waals surface area contributed by atoms with Crippen LogP contribution in [0.5, 0.6) is 11.5 Å². The number of hydrogen-bond acceptors (Lipinski definition) is 5. The van der Waals surface area contributed by atoms with Crippen LogP contribution in [0, 0.1) is 0 Å². The molecular formula is C24H25N3O2. The van der Waals surface area contributed by atoms with Crippen molar-refractivity contribution in [2.45, 2.75) is 31.9 Å². The largest absolute Gasteiger partial charge is 0.504 e. The Morgan fingerprint density at radius 3 is 2.86 bits per heavy atom. The van der Waals surface area contributed by atoms with Crippen molar-refractivity contribution in [1.82, 2.24) is 9.88 Å². The summed E-state index contributed by atoms with van der Waals surface area (Å²) in [7, 11) is 0. The molecule has 3 N–H and O–H groups in total. The van der Waals surface area contributed by atoms with Crippen molar-refractivity contribution in [1.29, 1.82) is 0 Å². The highest BCUT2D eigenvalue weighted by atomic mass is 16.5. The van der Waals surface area contributed by atoms with Gasteiger partial charge < -0.3 is 15.6 Å². The second kappa shape index (κ2) is 7.41. The number of benzene rings is 2. The van der Waals surface area contributed by atoms with Crippen LogP contribution in [-0.2, 0) is 13.2 Å². The summed E-state index contributed by atoms with van der Waals surface area (Å²) in [6, 6.07) is 17.5. The number of phenolic OH excluding ortho intramolecular Hbond substituents is 1. The lowest BCUT2D eigenvalue weighted by Crippen LogP contribution is -2.38. The molecule has 1 saturated heterocycles. The zero-order valence-electron chi connectivity index (χ0n) is 16.3. The zero-order valence-corrected chi connectivity index (χ0v) is 16.3. The Balaban J connectivity index is 1.53. The van der Waals surface area contributed by atoms with E-state index in [1.54, 1.807) is 6.07 Å². The summed E-state index contributed by atoms with van der Waals surface area (Å²) in [5, 5.41) is 10.5. The number of piperidine rings is 1. The molecule has 1 fully saturated rings. The predicted octanol–water partition coefficient (Wildman–Crippen LogP) is 4.31. The minimum Gasteiger partial charge on any atom is -0.504 e. The third kappa shape index (κ3) is 3.42.